The summed E-state index contributed by atoms with van der Waals surface area (Å²) in [4.78, 5) is 39.7. The van der Waals surface area contributed by atoms with E-state index in [0.717, 1.165) is 29.5 Å². The Morgan fingerprint density at radius 3 is 1.95 bits per heavy atom. The molecule has 7 heteroatoms. The van der Waals surface area contributed by atoms with Crippen molar-refractivity contribution in [3.05, 3.63) is 134 Å². The second kappa shape index (κ2) is 11.6. The summed E-state index contributed by atoms with van der Waals surface area (Å²) >= 11 is 0. The van der Waals surface area contributed by atoms with Crippen LogP contribution in [0.5, 0.6) is 5.75 Å². The van der Waals surface area contributed by atoms with Crippen molar-refractivity contribution >= 4 is 11.9 Å². The number of methoxy groups -OCH3 is 2. The number of carbonyl (C=O) groups excluding carboxylic acids is 2. The van der Waals surface area contributed by atoms with Gasteiger partial charge < -0.3 is 18.8 Å². The molecule has 1 heterocycles. The van der Waals surface area contributed by atoms with Gasteiger partial charge in [-0.15, -0.1) is 0 Å². The van der Waals surface area contributed by atoms with Crippen LogP contribution in [0, 0.1) is 0 Å². The number of esters is 2. The van der Waals surface area contributed by atoms with Gasteiger partial charge in [-0.3, -0.25) is 4.79 Å². The fourth-order valence-corrected chi connectivity index (χ4v) is 5.59. The predicted octanol–water partition coefficient (Wildman–Crippen LogP) is 5.49. The van der Waals surface area contributed by atoms with Crippen LogP contribution in [0.3, 0.4) is 0 Å². The van der Waals surface area contributed by atoms with Gasteiger partial charge in [0.25, 0.3) is 0 Å². The first-order valence-corrected chi connectivity index (χ1v) is 13.2. The first-order chi connectivity index (χ1) is 19.4. The summed E-state index contributed by atoms with van der Waals surface area (Å²) in [7, 11) is 2.47. The third kappa shape index (κ3) is 5.02. The highest BCUT2D eigenvalue weighted by molar-refractivity contribution is 5.94. The maximum Gasteiger partial charge on any atom is 0.358 e. The van der Waals surface area contributed by atoms with E-state index < -0.39 is 23.4 Å². The lowest BCUT2D eigenvalue weighted by molar-refractivity contribution is 0.0564. The van der Waals surface area contributed by atoms with E-state index in [0.29, 0.717) is 0 Å². The molecule has 40 heavy (non-hydrogen) atoms. The van der Waals surface area contributed by atoms with Gasteiger partial charge in [-0.05, 0) is 47.6 Å². The molecule has 204 valence electrons. The molecule has 0 unspecified atom stereocenters. The van der Waals surface area contributed by atoms with Gasteiger partial charge in [0.05, 0.1) is 14.2 Å². The molecule has 7 nitrogen and oxygen atoms in total. The summed E-state index contributed by atoms with van der Waals surface area (Å²) < 4.78 is 17.8. The molecule has 5 rings (SSSR count). The Morgan fingerprint density at radius 1 is 0.825 bits per heavy atom. The van der Waals surface area contributed by atoms with E-state index in [-0.39, 0.29) is 29.5 Å². The van der Waals surface area contributed by atoms with Gasteiger partial charge in [0.1, 0.15) is 12.2 Å². The number of pyridine rings is 1. The SMILES string of the molecule is COC(=O)c1cn([C@H](C)C2c3ccccc3CCc3ccccc32)c(C(=O)OC)c(OCc2ccccc2)c1=O. The molecule has 0 N–H and O–H groups in total. The Labute approximate surface area is 233 Å². The third-order valence-corrected chi connectivity index (χ3v) is 7.57. The van der Waals surface area contributed by atoms with Gasteiger partial charge in [-0.1, -0.05) is 78.9 Å². The summed E-state index contributed by atoms with van der Waals surface area (Å²) in [6.07, 6.45) is 3.16. The quantitative estimate of drug-likeness (QED) is 0.290. The van der Waals surface area contributed by atoms with Crippen LogP contribution >= 0.6 is 0 Å². The highest BCUT2D eigenvalue weighted by atomic mass is 16.5. The van der Waals surface area contributed by atoms with E-state index in [1.165, 1.54) is 31.5 Å². The van der Waals surface area contributed by atoms with Crippen LogP contribution < -0.4 is 10.2 Å². The fourth-order valence-electron chi connectivity index (χ4n) is 5.59. The number of rotatable bonds is 7. The Bertz CT molecular complexity index is 1560. The number of benzene rings is 3. The van der Waals surface area contributed by atoms with Crippen LogP contribution in [0.15, 0.2) is 89.9 Å². The summed E-state index contributed by atoms with van der Waals surface area (Å²) in [5.74, 6) is -1.99. The molecular formula is C33H31NO6. The predicted molar refractivity (Wildman–Crippen MR) is 151 cm³/mol. The van der Waals surface area contributed by atoms with Crippen molar-refractivity contribution < 1.29 is 23.8 Å². The van der Waals surface area contributed by atoms with E-state index >= 15 is 0 Å². The fraction of sp³-hybridized carbons (Fsp3) is 0.242. The Morgan fingerprint density at radius 2 is 1.38 bits per heavy atom. The van der Waals surface area contributed by atoms with E-state index in [1.807, 2.05) is 61.5 Å². The van der Waals surface area contributed by atoms with Crippen molar-refractivity contribution in [1.82, 2.24) is 4.57 Å². The number of aromatic nitrogens is 1. The highest BCUT2D eigenvalue weighted by Gasteiger charge is 2.34. The van der Waals surface area contributed by atoms with Gasteiger partial charge >= 0.3 is 11.9 Å². The molecule has 0 radical (unpaired) electrons. The minimum Gasteiger partial charge on any atom is -0.482 e. The van der Waals surface area contributed by atoms with Crippen molar-refractivity contribution in [2.24, 2.45) is 0 Å². The standard InChI is InChI=1S/C33H31NO6/c1-21(28-25-15-9-7-13-23(25)17-18-24-14-8-10-16-26(24)28)34-19-27(32(36)38-2)30(35)31(29(34)33(37)39-3)40-20-22-11-5-4-6-12-22/h4-16,19,21,28H,17-18,20H2,1-3H3/t21-/m1/s1. The molecule has 1 aliphatic rings. The smallest absolute Gasteiger partial charge is 0.358 e. The van der Waals surface area contributed by atoms with Gasteiger partial charge in [0.15, 0.2) is 11.4 Å². The topological polar surface area (TPSA) is 83.8 Å². The van der Waals surface area contributed by atoms with Crippen LogP contribution in [0.2, 0.25) is 0 Å². The second-order valence-corrected chi connectivity index (χ2v) is 9.83. The molecule has 1 aliphatic carbocycles. The van der Waals surface area contributed by atoms with Crippen LogP contribution in [-0.4, -0.2) is 30.7 Å². The zero-order chi connectivity index (χ0) is 28.2. The third-order valence-electron chi connectivity index (χ3n) is 7.57. The molecule has 3 aromatic carbocycles. The molecule has 0 bridgehead atoms. The van der Waals surface area contributed by atoms with E-state index in [1.54, 1.807) is 4.57 Å². The number of nitrogens with zero attached hydrogens (tertiary/aromatic N) is 1. The lowest BCUT2D eigenvalue weighted by Crippen LogP contribution is -2.30. The molecule has 4 aromatic rings. The van der Waals surface area contributed by atoms with Crippen molar-refractivity contribution in [2.75, 3.05) is 14.2 Å². The number of ether oxygens (including phenoxy) is 3. The molecular weight excluding hydrogens is 506 g/mol. The van der Waals surface area contributed by atoms with Crippen LogP contribution in [0.1, 0.15) is 67.5 Å². The second-order valence-electron chi connectivity index (χ2n) is 9.83. The number of fused-ring (bicyclic) bond motifs is 2. The maximum atomic E-state index is 13.6. The first kappa shape index (κ1) is 26.9. The van der Waals surface area contributed by atoms with Crippen LogP contribution in [0.4, 0.5) is 0 Å². The van der Waals surface area contributed by atoms with Gasteiger partial charge in [0, 0.05) is 18.2 Å². The van der Waals surface area contributed by atoms with Gasteiger partial charge in [-0.2, -0.15) is 0 Å². The van der Waals surface area contributed by atoms with Gasteiger partial charge in [0.2, 0.25) is 5.43 Å². The normalized spacial score (nSPS) is 13.4. The zero-order valence-electron chi connectivity index (χ0n) is 22.8. The molecule has 1 atom stereocenters. The zero-order valence-corrected chi connectivity index (χ0v) is 22.8. The van der Waals surface area contributed by atoms with E-state index in [9.17, 15) is 14.4 Å². The molecule has 0 amide bonds. The average molecular weight is 538 g/mol. The number of carbonyl (C=O) groups is 2. The summed E-state index contributed by atoms with van der Waals surface area (Å²) in [5.41, 5.74) is 4.47. The van der Waals surface area contributed by atoms with Crippen LogP contribution in [-0.2, 0) is 28.9 Å². The molecule has 0 saturated heterocycles. The highest BCUT2D eigenvalue weighted by Crippen LogP contribution is 2.42. The minimum atomic E-state index is -0.811. The average Bonchev–Trinajstić information content (AvgIpc) is 3.16. The largest absolute Gasteiger partial charge is 0.482 e. The molecule has 0 spiro atoms. The number of aryl methyl sites for hydroxylation is 2. The molecule has 1 aromatic heterocycles. The van der Waals surface area contributed by atoms with Gasteiger partial charge in [-0.25, -0.2) is 9.59 Å². The van der Waals surface area contributed by atoms with Crippen LogP contribution in [0.25, 0.3) is 0 Å². The number of hydrogen-bond donors (Lipinski definition) is 0. The minimum absolute atomic E-state index is 0.0220. The van der Waals surface area contributed by atoms with Crippen molar-refractivity contribution in [2.45, 2.75) is 38.3 Å². The van der Waals surface area contributed by atoms with E-state index in [2.05, 4.69) is 24.3 Å². The lowest BCUT2D eigenvalue weighted by atomic mass is 9.83. The molecule has 0 fully saturated rings. The number of hydrogen-bond acceptors (Lipinski definition) is 6. The maximum absolute atomic E-state index is 13.6. The van der Waals surface area contributed by atoms with Crippen molar-refractivity contribution in [1.29, 1.82) is 0 Å². The summed E-state index contributed by atoms with van der Waals surface area (Å²) in [5, 5.41) is 0. The Kier molecular flexibility index (Phi) is 7.82. The summed E-state index contributed by atoms with van der Waals surface area (Å²) in [6, 6.07) is 25.4. The van der Waals surface area contributed by atoms with Crippen molar-refractivity contribution in [3.63, 3.8) is 0 Å². The van der Waals surface area contributed by atoms with E-state index in [4.69, 9.17) is 14.2 Å². The summed E-state index contributed by atoms with van der Waals surface area (Å²) in [6.45, 7) is 2.00. The Hall–Kier alpha value is -4.65. The monoisotopic (exact) mass is 537 g/mol. The first-order valence-electron chi connectivity index (χ1n) is 13.2. The molecule has 0 aliphatic heterocycles. The Balaban J connectivity index is 1.74. The lowest BCUT2D eigenvalue weighted by Gasteiger charge is -2.31. The van der Waals surface area contributed by atoms with Crippen molar-refractivity contribution in [3.8, 4) is 5.75 Å². The molecule has 0 saturated carbocycles.